The molecule has 2 aliphatic heterocycles. The van der Waals surface area contributed by atoms with E-state index in [1.165, 1.54) is 32.8 Å². The van der Waals surface area contributed by atoms with Gasteiger partial charge in [-0.1, -0.05) is 41.5 Å². The predicted octanol–water partition coefficient (Wildman–Crippen LogP) is 8.99. The summed E-state index contributed by atoms with van der Waals surface area (Å²) in [4.78, 5) is 48.5. The summed E-state index contributed by atoms with van der Waals surface area (Å²) in [5.74, 6) is 4.83. The number of imidazole rings is 2. The van der Waals surface area contributed by atoms with Crippen LogP contribution in [0.3, 0.4) is 0 Å². The number of nitrogens with zero attached hydrogens (tertiary/aromatic N) is 12. The van der Waals surface area contributed by atoms with Gasteiger partial charge in [0.2, 0.25) is 17.1 Å². The number of anilines is 4. The normalized spacial score (nSPS) is 15.4. The van der Waals surface area contributed by atoms with Crippen LogP contribution in [0.1, 0.15) is 97.4 Å². The quantitative estimate of drug-likeness (QED) is 0.0972. The van der Waals surface area contributed by atoms with Gasteiger partial charge in [0.05, 0.1) is 57.6 Å². The van der Waals surface area contributed by atoms with Crippen LogP contribution in [0.15, 0.2) is 61.2 Å². The zero-order chi connectivity index (χ0) is 55.3. The summed E-state index contributed by atoms with van der Waals surface area (Å²) in [6.07, 6.45) is 8.44. The Bertz CT molecular complexity index is 3400. The van der Waals surface area contributed by atoms with Gasteiger partial charge in [-0.25, -0.2) is 15.0 Å². The topological polar surface area (TPSA) is 262 Å². The van der Waals surface area contributed by atoms with Crippen molar-refractivity contribution < 1.29 is 38.0 Å². The molecule has 0 unspecified atom stereocenters. The number of nitrogen functional groups attached to an aromatic ring is 1. The number of halogens is 1. The zero-order valence-electron chi connectivity index (χ0n) is 45.5. The van der Waals surface area contributed by atoms with Gasteiger partial charge in [0.25, 0.3) is 0 Å². The number of Topliss-reactive ketones (excluding diaryl/α,β-unsaturated/α-hetero) is 1. The summed E-state index contributed by atoms with van der Waals surface area (Å²) >= 11 is 6.04. The Morgan fingerprint density at radius 3 is 1.82 bits per heavy atom. The number of fused-ring (bicyclic) bond motifs is 2. The van der Waals surface area contributed by atoms with Gasteiger partial charge in [0, 0.05) is 99.5 Å². The van der Waals surface area contributed by atoms with Crippen LogP contribution >= 0.6 is 11.6 Å². The Balaban J connectivity index is 0.000000170. The molecule has 10 heterocycles. The van der Waals surface area contributed by atoms with E-state index in [4.69, 9.17) is 50.9 Å². The molecular formula is C53H66ClN15O8. The number of carbonyl (C=O) groups is 2. The third-order valence-corrected chi connectivity index (χ3v) is 12.8. The molecule has 4 N–H and O–H groups in total. The Morgan fingerprint density at radius 2 is 1.27 bits per heavy atom. The van der Waals surface area contributed by atoms with Crippen LogP contribution in [0.4, 0.5) is 23.4 Å². The third-order valence-electron chi connectivity index (χ3n) is 12.5. The summed E-state index contributed by atoms with van der Waals surface area (Å²) < 4.78 is 41.8. The first-order valence-corrected chi connectivity index (χ1v) is 25.4. The minimum atomic E-state index is -0.221. The van der Waals surface area contributed by atoms with Crippen LogP contribution < -0.4 is 35.3 Å². The van der Waals surface area contributed by atoms with E-state index in [0.717, 1.165) is 38.4 Å². The van der Waals surface area contributed by atoms with Crippen LogP contribution in [0, 0.1) is 0 Å². The number of methoxy groups -OCH3 is 2. The second kappa shape index (κ2) is 23.2. The fourth-order valence-corrected chi connectivity index (χ4v) is 8.97. The fraction of sp³-hybridized carbons (Fsp3) is 0.434. The SMILES string of the molecule is CC(C)(C)c1cc(N)nn1[C@H]1CCOC1.COc1c(Oc2ccnc(CC(C)=O)c2)cnc2nc(Cl)n(C)c12.COc1c(Oc2ccnc(NC(C)=O)c2)cnc2nc(Nc3cc(C(C)(C)C)n([C@H]4CCOC4)n3)n(C)c12. The van der Waals surface area contributed by atoms with E-state index in [-0.39, 0.29) is 35.0 Å². The molecular weight excluding hydrogens is 1010 g/mol. The van der Waals surface area contributed by atoms with Gasteiger partial charge in [0.1, 0.15) is 40.0 Å². The Kier molecular flexibility index (Phi) is 16.6. The molecule has 24 heteroatoms. The average Bonchev–Trinajstić information content (AvgIpc) is 4.25. The number of nitrogens with one attached hydrogen (secondary N) is 2. The van der Waals surface area contributed by atoms with Gasteiger partial charge < -0.3 is 53.9 Å². The van der Waals surface area contributed by atoms with E-state index in [1.54, 1.807) is 61.6 Å². The fourth-order valence-electron chi connectivity index (χ4n) is 8.81. The smallest absolute Gasteiger partial charge is 0.222 e. The van der Waals surface area contributed by atoms with Crippen molar-refractivity contribution >= 4 is 69.0 Å². The van der Waals surface area contributed by atoms with Crippen molar-refractivity contribution in [1.82, 2.24) is 58.6 Å². The number of carbonyl (C=O) groups excluding carboxylic acids is 2. The average molecular weight is 1080 g/mol. The summed E-state index contributed by atoms with van der Waals surface area (Å²) in [6, 6.07) is 11.3. The van der Waals surface area contributed by atoms with E-state index >= 15 is 0 Å². The molecule has 2 aliphatic rings. The van der Waals surface area contributed by atoms with Crippen molar-refractivity contribution in [2.75, 3.05) is 57.0 Å². The largest absolute Gasteiger partial charge is 0.491 e. The minimum absolute atomic E-state index is 0.0323. The predicted molar refractivity (Wildman–Crippen MR) is 291 cm³/mol. The summed E-state index contributed by atoms with van der Waals surface area (Å²) in [5.41, 5.74) is 11.0. The second-order valence-electron chi connectivity index (χ2n) is 20.6. The molecule has 2 fully saturated rings. The van der Waals surface area contributed by atoms with Crippen LogP contribution in [0.25, 0.3) is 22.3 Å². The molecule has 408 valence electrons. The van der Waals surface area contributed by atoms with E-state index < -0.39 is 0 Å². The molecule has 8 aromatic heterocycles. The molecule has 0 aromatic carbocycles. The molecule has 0 radical (unpaired) electrons. The second-order valence-corrected chi connectivity index (χ2v) is 21.0. The van der Waals surface area contributed by atoms with Crippen LogP contribution in [-0.4, -0.2) is 111 Å². The first kappa shape index (κ1) is 55.3. The molecule has 0 saturated carbocycles. The van der Waals surface area contributed by atoms with Crippen molar-refractivity contribution in [1.29, 1.82) is 0 Å². The number of ether oxygens (including phenoxy) is 6. The highest BCUT2D eigenvalue weighted by Crippen LogP contribution is 2.40. The van der Waals surface area contributed by atoms with E-state index in [9.17, 15) is 9.59 Å². The lowest BCUT2D eigenvalue weighted by atomic mass is 9.91. The Morgan fingerprint density at radius 1 is 0.727 bits per heavy atom. The van der Waals surface area contributed by atoms with E-state index in [0.29, 0.717) is 104 Å². The van der Waals surface area contributed by atoms with Gasteiger partial charge in [-0.3, -0.25) is 23.9 Å². The van der Waals surface area contributed by atoms with Gasteiger partial charge in [-0.05, 0) is 43.5 Å². The highest BCUT2D eigenvalue weighted by Gasteiger charge is 2.30. The van der Waals surface area contributed by atoms with Crippen molar-refractivity contribution in [3.8, 4) is 34.5 Å². The van der Waals surface area contributed by atoms with E-state index in [2.05, 4.69) is 97.9 Å². The number of ketones is 1. The first-order valence-electron chi connectivity index (χ1n) is 25.0. The minimum Gasteiger partial charge on any atom is -0.491 e. The van der Waals surface area contributed by atoms with Crippen molar-refractivity contribution in [2.45, 2.75) is 97.6 Å². The summed E-state index contributed by atoms with van der Waals surface area (Å²) in [5, 5.41) is 15.6. The molecule has 0 aliphatic carbocycles. The Hall–Kier alpha value is -7.89. The molecule has 8 aromatic rings. The summed E-state index contributed by atoms with van der Waals surface area (Å²) in [6.45, 7) is 19.0. The summed E-state index contributed by atoms with van der Waals surface area (Å²) in [7, 11) is 6.75. The van der Waals surface area contributed by atoms with Crippen LogP contribution in [0.5, 0.6) is 34.5 Å². The molecule has 77 heavy (non-hydrogen) atoms. The molecule has 23 nitrogen and oxygen atoms in total. The van der Waals surface area contributed by atoms with Crippen molar-refractivity contribution in [3.63, 3.8) is 0 Å². The van der Waals surface area contributed by atoms with Crippen LogP contribution in [0.2, 0.25) is 5.28 Å². The highest BCUT2D eigenvalue weighted by atomic mass is 35.5. The molecule has 0 bridgehead atoms. The zero-order valence-corrected chi connectivity index (χ0v) is 46.2. The van der Waals surface area contributed by atoms with Crippen molar-refractivity contribution in [3.05, 3.63) is 83.6 Å². The van der Waals surface area contributed by atoms with Crippen LogP contribution in [-0.2, 0) is 50.4 Å². The maximum atomic E-state index is 11.4. The standard InChI is InChI=1S/C26H32N8O4.C16H15ClN4O3.C11H19N3O/c1-15(35)29-20-11-17(7-9-27-20)38-18-13-28-24-22(23(18)36-6)33(5)25(31-24)30-21-12-19(26(2,3)4)34(32-21)16-8-10-37-14-16;1-9(22)6-10-7-11(4-5-18-10)24-12-8-19-15-13(14(12)23-3)21(2)16(17)20-15;1-11(2,3)9-6-10(12)13-14(9)8-4-5-15-7-8/h7,9,11-13,16H,8,10,14H2,1-6H3,(H,27,29,35)(H,28,30,31,32);4-5,7-8H,6H2,1-3H3;6,8H,4-5,7H2,1-3H3,(H2,12,13)/t16-;;8-/m0.0/s1. The van der Waals surface area contributed by atoms with Gasteiger partial charge in [0.15, 0.2) is 40.1 Å². The number of hydrogen-bond donors (Lipinski definition) is 3. The number of amides is 1. The number of rotatable bonds is 13. The molecule has 10 rings (SSSR count). The highest BCUT2D eigenvalue weighted by molar-refractivity contribution is 6.29. The molecule has 0 spiro atoms. The number of pyridine rings is 4. The molecule has 2 atom stereocenters. The maximum absolute atomic E-state index is 11.4. The number of aromatic nitrogens is 12. The lowest BCUT2D eigenvalue weighted by molar-refractivity contribution is -0.116. The molecule has 1 amide bonds. The first-order chi connectivity index (χ1) is 36.6. The number of aryl methyl sites for hydroxylation is 2. The lowest BCUT2D eigenvalue weighted by Crippen LogP contribution is -2.22. The lowest BCUT2D eigenvalue weighted by Gasteiger charge is -2.22. The number of hydrogen-bond acceptors (Lipinski definition) is 18. The number of nitrogens with two attached hydrogens (primary N) is 1. The third kappa shape index (κ3) is 12.9. The van der Waals surface area contributed by atoms with Gasteiger partial charge in [-0.2, -0.15) is 20.2 Å². The molecule has 2 saturated heterocycles. The monoisotopic (exact) mass is 1080 g/mol. The maximum Gasteiger partial charge on any atom is 0.222 e. The van der Waals surface area contributed by atoms with Crippen molar-refractivity contribution in [2.24, 2.45) is 14.1 Å². The van der Waals surface area contributed by atoms with Gasteiger partial charge >= 0.3 is 0 Å². The van der Waals surface area contributed by atoms with E-state index in [1.807, 2.05) is 22.4 Å². The van der Waals surface area contributed by atoms with Gasteiger partial charge in [-0.15, -0.1) is 0 Å². The Labute approximate surface area is 450 Å².